The molecule has 1 aromatic rings. The number of fused-ring (bicyclic) bond motifs is 1. The molecule has 1 heterocycles. The number of amides is 1. The molecule has 1 aromatic carbocycles. The third-order valence-electron chi connectivity index (χ3n) is 3.83. The van der Waals surface area contributed by atoms with Gasteiger partial charge in [0, 0.05) is 23.7 Å². The molecule has 0 spiro atoms. The smallest absolute Gasteiger partial charge is 0.224 e. The highest BCUT2D eigenvalue weighted by atomic mass is 16.5. The summed E-state index contributed by atoms with van der Waals surface area (Å²) in [6.45, 7) is 6.10. The molecule has 0 saturated heterocycles. The van der Waals surface area contributed by atoms with Gasteiger partial charge in [0.2, 0.25) is 5.91 Å². The minimum Gasteiger partial charge on any atom is -0.490 e. The number of aliphatic hydroxyl groups excluding tert-OH is 1. The van der Waals surface area contributed by atoms with Crippen LogP contribution in [0.5, 0.6) is 5.75 Å². The first kappa shape index (κ1) is 15.8. The Bertz CT molecular complexity index is 523. The molecule has 2 atom stereocenters. The van der Waals surface area contributed by atoms with Crippen LogP contribution in [0.25, 0.3) is 0 Å². The van der Waals surface area contributed by atoms with Gasteiger partial charge in [0.25, 0.3) is 0 Å². The van der Waals surface area contributed by atoms with E-state index in [1.165, 1.54) is 0 Å². The summed E-state index contributed by atoms with van der Waals surface area (Å²) in [6, 6.07) is 5.18. The maximum atomic E-state index is 11.4. The molecule has 4 N–H and O–H groups in total. The van der Waals surface area contributed by atoms with Crippen molar-refractivity contribution < 1.29 is 14.6 Å². The van der Waals surface area contributed by atoms with Crippen molar-refractivity contribution in [3.05, 3.63) is 23.8 Å². The summed E-state index contributed by atoms with van der Waals surface area (Å²) in [5.41, 5.74) is 7.61. The van der Waals surface area contributed by atoms with Crippen LogP contribution >= 0.6 is 0 Å². The van der Waals surface area contributed by atoms with Crippen molar-refractivity contribution in [2.45, 2.75) is 45.8 Å². The van der Waals surface area contributed by atoms with E-state index in [-0.39, 0.29) is 24.0 Å². The average Bonchev–Trinajstić information content (AvgIpc) is 2.42. The number of carbonyl (C=O) groups excluding carboxylic acids is 1. The Morgan fingerprint density at radius 2 is 2.10 bits per heavy atom. The van der Waals surface area contributed by atoms with Crippen LogP contribution in [0.3, 0.4) is 0 Å². The van der Waals surface area contributed by atoms with E-state index in [0.29, 0.717) is 18.6 Å². The number of rotatable bonds is 4. The Hall–Kier alpha value is -1.59. The van der Waals surface area contributed by atoms with Gasteiger partial charge >= 0.3 is 0 Å². The Kier molecular flexibility index (Phi) is 4.54. The maximum absolute atomic E-state index is 11.4. The molecule has 5 heteroatoms. The van der Waals surface area contributed by atoms with Gasteiger partial charge in [-0.15, -0.1) is 0 Å². The minimum atomic E-state index is -0.737. The van der Waals surface area contributed by atoms with Crippen LogP contribution in [-0.2, 0) is 11.2 Å². The normalized spacial score (nSPS) is 17.7. The SMILES string of the molecule is CC(C)(C)C(N)C(O)COc1cccc2c1CCC(=O)N2. The zero-order valence-corrected chi connectivity index (χ0v) is 12.8. The lowest BCUT2D eigenvalue weighted by Crippen LogP contribution is -2.47. The van der Waals surface area contributed by atoms with Crippen molar-refractivity contribution in [2.24, 2.45) is 11.1 Å². The van der Waals surface area contributed by atoms with Crippen molar-refractivity contribution >= 4 is 11.6 Å². The third-order valence-corrected chi connectivity index (χ3v) is 3.83. The van der Waals surface area contributed by atoms with Crippen LogP contribution in [0, 0.1) is 5.41 Å². The second kappa shape index (κ2) is 6.03. The molecule has 2 rings (SSSR count). The number of nitrogens with one attached hydrogen (secondary N) is 1. The zero-order chi connectivity index (χ0) is 15.6. The lowest BCUT2D eigenvalue weighted by Gasteiger charge is -2.31. The summed E-state index contributed by atoms with van der Waals surface area (Å²) in [6.07, 6.45) is 0.370. The number of carbonyl (C=O) groups is 1. The van der Waals surface area contributed by atoms with Gasteiger partial charge in [-0.05, 0) is 24.0 Å². The molecular formula is C16H24N2O3. The first-order valence-corrected chi connectivity index (χ1v) is 7.27. The highest BCUT2D eigenvalue weighted by Crippen LogP contribution is 2.31. The molecule has 0 radical (unpaired) electrons. The van der Waals surface area contributed by atoms with Gasteiger partial charge in [-0.25, -0.2) is 0 Å². The highest BCUT2D eigenvalue weighted by Gasteiger charge is 2.28. The number of ether oxygens (including phenoxy) is 1. The number of hydrogen-bond acceptors (Lipinski definition) is 4. The summed E-state index contributed by atoms with van der Waals surface area (Å²) in [4.78, 5) is 11.4. The van der Waals surface area contributed by atoms with Crippen LogP contribution in [0.2, 0.25) is 0 Å². The summed E-state index contributed by atoms with van der Waals surface area (Å²) in [7, 11) is 0. The van der Waals surface area contributed by atoms with E-state index in [9.17, 15) is 9.90 Å². The fourth-order valence-corrected chi connectivity index (χ4v) is 2.38. The second-order valence-corrected chi connectivity index (χ2v) is 6.60. The monoisotopic (exact) mass is 292 g/mol. The molecular weight excluding hydrogens is 268 g/mol. The second-order valence-electron chi connectivity index (χ2n) is 6.60. The number of benzene rings is 1. The molecule has 5 nitrogen and oxygen atoms in total. The van der Waals surface area contributed by atoms with Crippen molar-refractivity contribution in [3.8, 4) is 5.75 Å². The molecule has 0 fully saturated rings. The molecule has 1 amide bonds. The van der Waals surface area contributed by atoms with E-state index < -0.39 is 6.10 Å². The van der Waals surface area contributed by atoms with Crippen LogP contribution in [0.4, 0.5) is 5.69 Å². The van der Waals surface area contributed by atoms with E-state index in [4.69, 9.17) is 10.5 Å². The average molecular weight is 292 g/mol. The predicted octanol–water partition coefficient (Wildman–Crippen LogP) is 1.68. The van der Waals surface area contributed by atoms with E-state index in [1.54, 1.807) is 0 Å². The minimum absolute atomic E-state index is 0.0226. The number of nitrogens with two attached hydrogens (primary N) is 1. The van der Waals surface area contributed by atoms with Gasteiger partial charge in [-0.2, -0.15) is 0 Å². The van der Waals surface area contributed by atoms with Crippen LogP contribution in [-0.4, -0.2) is 29.8 Å². The molecule has 0 aliphatic carbocycles. The van der Waals surface area contributed by atoms with E-state index >= 15 is 0 Å². The summed E-state index contributed by atoms with van der Waals surface area (Å²) in [5, 5.41) is 13.0. The standard InChI is InChI=1S/C16H24N2O3/c1-16(2,3)15(17)12(19)9-21-13-6-4-5-11-10(13)7-8-14(20)18-11/h4-6,12,15,19H,7-9,17H2,1-3H3,(H,18,20). The molecule has 1 aliphatic rings. The predicted molar refractivity (Wildman–Crippen MR) is 82.3 cm³/mol. The molecule has 0 bridgehead atoms. The maximum Gasteiger partial charge on any atom is 0.224 e. The molecule has 1 aliphatic heterocycles. The Morgan fingerprint density at radius 3 is 2.76 bits per heavy atom. The lowest BCUT2D eigenvalue weighted by molar-refractivity contribution is -0.116. The Balaban J connectivity index is 2.04. The van der Waals surface area contributed by atoms with Crippen molar-refractivity contribution in [2.75, 3.05) is 11.9 Å². The third kappa shape index (κ3) is 3.74. The van der Waals surface area contributed by atoms with E-state index in [0.717, 1.165) is 11.3 Å². The first-order valence-electron chi connectivity index (χ1n) is 7.27. The Morgan fingerprint density at radius 1 is 1.38 bits per heavy atom. The lowest BCUT2D eigenvalue weighted by atomic mass is 9.84. The molecule has 116 valence electrons. The quantitative estimate of drug-likeness (QED) is 0.788. The first-order chi connectivity index (χ1) is 9.79. The fourth-order valence-electron chi connectivity index (χ4n) is 2.38. The van der Waals surface area contributed by atoms with Gasteiger partial charge in [0.15, 0.2) is 0 Å². The topological polar surface area (TPSA) is 84.6 Å². The highest BCUT2D eigenvalue weighted by molar-refractivity contribution is 5.94. The van der Waals surface area contributed by atoms with Crippen molar-refractivity contribution in [1.29, 1.82) is 0 Å². The van der Waals surface area contributed by atoms with Gasteiger partial charge in [-0.3, -0.25) is 4.79 Å². The van der Waals surface area contributed by atoms with Crippen molar-refractivity contribution in [3.63, 3.8) is 0 Å². The van der Waals surface area contributed by atoms with E-state index in [1.807, 2.05) is 39.0 Å². The number of anilines is 1. The number of hydrogen-bond donors (Lipinski definition) is 3. The summed E-state index contributed by atoms with van der Waals surface area (Å²) < 4.78 is 5.74. The van der Waals surface area contributed by atoms with Crippen LogP contribution < -0.4 is 15.8 Å². The van der Waals surface area contributed by atoms with E-state index in [2.05, 4.69) is 5.32 Å². The Labute approximate surface area is 125 Å². The van der Waals surface area contributed by atoms with Crippen LogP contribution in [0.1, 0.15) is 32.8 Å². The van der Waals surface area contributed by atoms with Crippen LogP contribution in [0.15, 0.2) is 18.2 Å². The molecule has 21 heavy (non-hydrogen) atoms. The van der Waals surface area contributed by atoms with Crippen molar-refractivity contribution in [1.82, 2.24) is 0 Å². The van der Waals surface area contributed by atoms with Gasteiger partial charge < -0.3 is 20.9 Å². The number of aliphatic hydroxyl groups is 1. The largest absolute Gasteiger partial charge is 0.490 e. The zero-order valence-electron chi connectivity index (χ0n) is 12.8. The fraction of sp³-hybridized carbons (Fsp3) is 0.562. The van der Waals surface area contributed by atoms with Gasteiger partial charge in [0.05, 0.1) is 0 Å². The molecule has 2 unspecified atom stereocenters. The van der Waals surface area contributed by atoms with Gasteiger partial charge in [0.1, 0.15) is 18.5 Å². The summed E-state index contributed by atoms with van der Waals surface area (Å²) in [5.74, 6) is 0.724. The summed E-state index contributed by atoms with van der Waals surface area (Å²) >= 11 is 0. The molecule has 0 aromatic heterocycles. The van der Waals surface area contributed by atoms with Gasteiger partial charge in [-0.1, -0.05) is 26.8 Å². The molecule has 0 saturated carbocycles.